The van der Waals surface area contributed by atoms with Crippen molar-refractivity contribution in [2.24, 2.45) is 0 Å². The standard InChI is InChI=1S/C13H17ClN4O3/c1-8(2)10-11(14)16-13(20)18(12(10)19)9-6-15-17(7-9)4-5-21-3/h6-8H,4-5H2,1-3H3,(H,16,20). The van der Waals surface area contributed by atoms with Gasteiger partial charge in [0.15, 0.2) is 0 Å². The number of aromatic amines is 1. The molecule has 2 heterocycles. The summed E-state index contributed by atoms with van der Waals surface area (Å²) in [5, 5.41) is 4.19. The summed E-state index contributed by atoms with van der Waals surface area (Å²) in [5.74, 6) is -0.100. The Labute approximate surface area is 126 Å². The lowest BCUT2D eigenvalue weighted by atomic mass is 10.1. The molecule has 0 fully saturated rings. The maximum Gasteiger partial charge on any atom is 0.334 e. The van der Waals surface area contributed by atoms with Gasteiger partial charge in [-0.25, -0.2) is 9.36 Å². The van der Waals surface area contributed by atoms with Gasteiger partial charge in [-0.05, 0) is 5.92 Å². The Bertz CT molecular complexity index is 745. The summed E-state index contributed by atoms with van der Waals surface area (Å²) in [6, 6.07) is 0. The van der Waals surface area contributed by atoms with Crippen molar-refractivity contribution in [2.75, 3.05) is 13.7 Å². The number of methoxy groups -OCH3 is 1. The van der Waals surface area contributed by atoms with E-state index in [9.17, 15) is 9.59 Å². The average Bonchev–Trinajstić information content (AvgIpc) is 2.83. The number of nitrogens with one attached hydrogen (secondary N) is 1. The summed E-state index contributed by atoms with van der Waals surface area (Å²) in [6.45, 7) is 4.71. The first kappa shape index (κ1) is 15.5. The van der Waals surface area contributed by atoms with Crippen LogP contribution in [0.1, 0.15) is 25.3 Å². The van der Waals surface area contributed by atoms with Gasteiger partial charge in [-0.1, -0.05) is 25.4 Å². The normalized spacial score (nSPS) is 11.3. The van der Waals surface area contributed by atoms with Crippen LogP contribution in [-0.2, 0) is 11.3 Å². The summed E-state index contributed by atoms with van der Waals surface area (Å²) in [6.07, 6.45) is 3.08. The number of hydrogen-bond acceptors (Lipinski definition) is 4. The van der Waals surface area contributed by atoms with E-state index in [4.69, 9.17) is 16.3 Å². The highest BCUT2D eigenvalue weighted by Gasteiger charge is 2.17. The Hall–Kier alpha value is -1.86. The maximum atomic E-state index is 12.5. The third-order valence-corrected chi connectivity index (χ3v) is 3.37. The molecule has 0 saturated carbocycles. The van der Waals surface area contributed by atoms with Crippen LogP contribution in [0.25, 0.3) is 5.69 Å². The second-order valence-electron chi connectivity index (χ2n) is 4.91. The summed E-state index contributed by atoms with van der Waals surface area (Å²) in [7, 11) is 1.59. The minimum absolute atomic E-state index is 0.0861. The number of hydrogen-bond donors (Lipinski definition) is 1. The fraction of sp³-hybridized carbons (Fsp3) is 0.462. The monoisotopic (exact) mass is 312 g/mol. The first-order chi connectivity index (χ1) is 9.95. The van der Waals surface area contributed by atoms with Gasteiger partial charge in [0.1, 0.15) is 5.15 Å². The van der Waals surface area contributed by atoms with Gasteiger partial charge < -0.3 is 4.74 Å². The number of nitrogens with zero attached hydrogens (tertiary/aromatic N) is 3. The van der Waals surface area contributed by atoms with E-state index < -0.39 is 11.2 Å². The third-order valence-electron chi connectivity index (χ3n) is 3.07. The molecular formula is C13H17ClN4O3. The summed E-state index contributed by atoms with van der Waals surface area (Å²) < 4.78 is 7.60. The van der Waals surface area contributed by atoms with Gasteiger partial charge in [-0.15, -0.1) is 0 Å². The first-order valence-corrected chi connectivity index (χ1v) is 6.90. The van der Waals surface area contributed by atoms with Crippen molar-refractivity contribution >= 4 is 11.6 Å². The van der Waals surface area contributed by atoms with Gasteiger partial charge in [-0.2, -0.15) is 5.10 Å². The molecule has 21 heavy (non-hydrogen) atoms. The summed E-state index contributed by atoms with van der Waals surface area (Å²) >= 11 is 5.96. The number of ether oxygens (including phenoxy) is 1. The number of rotatable bonds is 5. The van der Waals surface area contributed by atoms with Crippen LogP contribution in [-0.4, -0.2) is 33.0 Å². The zero-order valence-electron chi connectivity index (χ0n) is 12.1. The molecule has 1 N–H and O–H groups in total. The van der Waals surface area contributed by atoms with Gasteiger partial charge in [-0.3, -0.25) is 14.5 Å². The fourth-order valence-electron chi connectivity index (χ4n) is 2.03. The number of halogens is 1. The van der Waals surface area contributed by atoms with E-state index >= 15 is 0 Å². The second kappa shape index (κ2) is 6.28. The maximum absolute atomic E-state index is 12.5. The van der Waals surface area contributed by atoms with Crippen LogP contribution in [0, 0.1) is 0 Å². The van der Waals surface area contributed by atoms with E-state index in [1.54, 1.807) is 18.0 Å². The lowest BCUT2D eigenvalue weighted by Crippen LogP contribution is -2.36. The third kappa shape index (κ3) is 3.08. The van der Waals surface area contributed by atoms with Crippen LogP contribution in [0.5, 0.6) is 0 Å². The van der Waals surface area contributed by atoms with Gasteiger partial charge in [0.2, 0.25) is 0 Å². The highest BCUT2D eigenvalue weighted by atomic mass is 35.5. The molecule has 0 atom stereocenters. The Balaban J connectivity index is 2.54. The highest BCUT2D eigenvalue weighted by Crippen LogP contribution is 2.17. The molecule has 0 unspecified atom stereocenters. The smallest absolute Gasteiger partial charge is 0.334 e. The Morgan fingerprint density at radius 2 is 2.14 bits per heavy atom. The zero-order chi connectivity index (χ0) is 15.6. The minimum atomic E-state index is -0.583. The quantitative estimate of drug-likeness (QED) is 0.840. The lowest BCUT2D eigenvalue weighted by molar-refractivity contribution is 0.183. The van der Waals surface area contributed by atoms with Gasteiger partial charge >= 0.3 is 5.69 Å². The van der Waals surface area contributed by atoms with Crippen LogP contribution >= 0.6 is 11.6 Å². The molecule has 2 aromatic rings. The van der Waals surface area contributed by atoms with Crippen LogP contribution in [0.4, 0.5) is 0 Å². The molecule has 2 aromatic heterocycles. The van der Waals surface area contributed by atoms with Crippen LogP contribution < -0.4 is 11.2 Å². The Morgan fingerprint density at radius 3 is 2.76 bits per heavy atom. The zero-order valence-corrected chi connectivity index (χ0v) is 12.8. The average molecular weight is 313 g/mol. The molecule has 2 rings (SSSR count). The molecular weight excluding hydrogens is 296 g/mol. The molecule has 0 amide bonds. The lowest BCUT2D eigenvalue weighted by Gasteiger charge is -2.09. The van der Waals surface area contributed by atoms with Crippen molar-refractivity contribution in [1.82, 2.24) is 19.3 Å². The van der Waals surface area contributed by atoms with Crippen molar-refractivity contribution in [3.05, 3.63) is 43.9 Å². The topological polar surface area (TPSA) is 81.9 Å². The van der Waals surface area contributed by atoms with Gasteiger partial charge in [0.25, 0.3) is 5.56 Å². The molecule has 7 nitrogen and oxygen atoms in total. The van der Waals surface area contributed by atoms with E-state index in [1.807, 2.05) is 13.8 Å². The molecule has 8 heteroatoms. The Kier molecular flexibility index (Phi) is 4.64. The van der Waals surface area contributed by atoms with Crippen LogP contribution in [0.15, 0.2) is 22.0 Å². The van der Waals surface area contributed by atoms with Gasteiger partial charge in [0, 0.05) is 13.3 Å². The molecule has 114 valence electrons. The van der Waals surface area contributed by atoms with Crippen molar-refractivity contribution < 1.29 is 4.74 Å². The molecule has 0 aliphatic rings. The summed E-state index contributed by atoms with van der Waals surface area (Å²) in [5.41, 5.74) is -0.234. The number of aromatic nitrogens is 4. The largest absolute Gasteiger partial charge is 0.383 e. The second-order valence-corrected chi connectivity index (χ2v) is 5.29. The van der Waals surface area contributed by atoms with Gasteiger partial charge in [0.05, 0.1) is 30.6 Å². The highest BCUT2D eigenvalue weighted by molar-refractivity contribution is 6.30. The van der Waals surface area contributed by atoms with E-state index in [1.165, 1.54) is 6.20 Å². The molecule has 0 aliphatic heterocycles. The fourth-order valence-corrected chi connectivity index (χ4v) is 2.41. The van der Waals surface area contributed by atoms with Crippen molar-refractivity contribution in [1.29, 1.82) is 0 Å². The molecule has 0 aliphatic carbocycles. The molecule has 0 radical (unpaired) electrons. The molecule has 0 aromatic carbocycles. The SMILES string of the molecule is COCCn1cc(-n2c(=O)[nH]c(Cl)c(C(C)C)c2=O)cn1. The molecule has 0 spiro atoms. The van der Waals surface area contributed by atoms with E-state index in [2.05, 4.69) is 10.1 Å². The van der Waals surface area contributed by atoms with Crippen LogP contribution in [0.3, 0.4) is 0 Å². The summed E-state index contributed by atoms with van der Waals surface area (Å²) in [4.78, 5) is 27.0. The molecule has 0 saturated heterocycles. The first-order valence-electron chi connectivity index (χ1n) is 6.52. The van der Waals surface area contributed by atoms with E-state index in [0.29, 0.717) is 24.4 Å². The van der Waals surface area contributed by atoms with Crippen molar-refractivity contribution in [2.45, 2.75) is 26.3 Å². The predicted octanol–water partition coefficient (Wildman–Crippen LogP) is 1.15. The van der Waals surface area contributed by atoms with Crippen molar-refractivity contribution in [3.8, 4) is 5.69 Å². The predicted molar refractivity (Wildman–Crippen MR) is 79.4 cm³/mol. The van der Waals surface area contributed by atoms with E-state index in [0.717, 1.165) is 4.57 Å². The van der Waals surface area contributed by atoms with Crippen molar-refractivity contribution in [3.63, 3.8) is 0 Å². The molecule has 0 bridgehead atoms. The Morgan fingerprint density at radius 1 is 1.43 bits per heavy atom. The van der Waals surface area contributed by atoms with E-state index in [-0.39, 0.29) is 11.1 Å². The van der Waals surface area contributed by atoms with Crippen LogP contribution in [0.2, 0.25) is 5.15 Å². The number of H-pyrrole nitrogens is 1. The minimum Gasteiger partial charge on any atom is -0.383 e.